The SMILES string of the molecule is CCCn1cc(C(NCC)c2cn(C)nc2CC)cn1. The molecular formula is C15H25N5. The van der Waals surface area contributed by atoms with Crippen LogP contribution in [0.2, 0.25) is 0 Å². The number of aryl methyl sites for hydroxylation is 3. The normalized spacial score (nSPS) is 12.8. The fraction of sp³-hybridized carbons (Fsp3) is 0.600. The van der Waals surface area contributed by atoms with Gasteiger partial charge in [0.25, 0.3) is 0 Å². The molecule has 2 aromatic rings. The minimum Gasteiger partial charge on any atom is -0.306 e. The van der Waals surface area contributed by atoms with Gasteiger partial charge in [-0.2, -0.15) is 10.2 Å². The van der Waals surface area contributed by atoms with E-state index in [1.54, 1.807) is 0 Å². The highest BCUT2D eigenvalue weighted by molar-refractivity contribution is 5.31. The fourth-order valence-corrected chi connectivity index (χ4v) is 2.56. The highest BCUT2D eigenvalue weighted by Crippen LogP contribution is 2.24. The molecule has 110 valence electrons. The average Bonchev–Trinajstić information content (AvgIpc) is 3.03. The first-order valence-electron chi connectivity index (χ1n) is 7.47. The Morgan fingerprint density at radius 3 is 2.70 bits per heavy atom. The highest BCUT2D eigenvalue weighted by atomic mass is 15.3. The molecule has 0 fully saturated rings. The Morgan fingerprint density at radius 1 is 1.25 bits per heavy atom. The predicted octanol–water partition coefficient (Wildman–Crippen LogP) is 2.29. The first-order chi connectivity index (χ1) is 9.69. The highest BCUT2D eigenvalue weighted by Gasteiger charge is 2.20. The van der Waals surface area contributed by atoms with E-state index in [0.717, 1.165) is 31.6 Å². The van der Waals surface area contributed by atoms with Gasteiger partial charge in [-0.25, -0.2) is 0 Å². The fourth-order valence-electron chi connectivity index (χ4n) is 2.56. The zero-order chi connectivity index (χ0) is 14.5. The van der Waals surface area contributed by atoms with Gasteiger partial charge in [-0.3, -0.25) is 9.36 Å². The molecule has 5 nitrogen and oxygen atoms in total. The first kappa shape index (κ1) is 14.8. The lowest BCUT2D eigenvalue weighted by Crippen LogP contribution is -2.22. The van der Waals surface area contributed by atoms with Crippen LogP contribution in [0.1, 0.15) is 50.1 Å². The van der Waals surface area contributed by atoms with Gasteiger partial charge in [-0.15, -0.1) is 0 Å². The molecule has 0 bridgehead atoms. The molecule has 0 aliphatic carbocycles. The van der Waals surface area contributed by atoms with E-state index in [0.29, 0.717) is 0 Å². The molecule has 2 heterocycles. The second-order valence-corrected chi connectivity index (χ2v) is 5.09. The van der Waals surface area contributed by atoms with Gasteiger partial charge in [-0.1, -0.05) is 20.8 Å². The summed E-state index contributed by atoms with van der Waals surface area (Å²) in [6.07, 6.45) is 8.27. The van der Waals surface area contributed by atoms with Gasteiger partial charge >= 0.3 is 0 Å². The van der Waals surface area contributed by atoms with E-state index in [9.17, 15) is 0 Å². The molecule has 5 heteroatoms. The van der Waals surface area contributed by atoms with Crippen LogP contribution in [-0.2, 0) is 20.0 Å². The summed E-state index contributed by atoms with van der Waals surface area (Å²) in [5.74, 6) is 0. The van der Waals surface area contributed by atoms with Gasteiger partial charge in [0.15, 0.2) is 0 Å². The van der Waals surface area contributed by atoms with Crippen molar-refractivity contribution in [1.29, 1.82) is 0 Å². The van der Waals surface area contributed by atoms with Crippen molar-refractivity contribution in [3.05, 3.63) is 35.4 Å². The summed E-state index contributed by atoms with van der Waals surface area (Å²) in [4.78, 5) is 0. The van der Waals surface area contributed by atoms with Crippen LogP contribution in [0.25, 0.3) is 0 Å². The summed E-state index contributed by atoms with van der Waals surface area (Å²) in [5.41, 5.74) is 3.62. The predicted molar refractivity (Wildman–Crippen MR) is 80.6 cm³/mol. The molecule has 0 aliphatic heterocycles. The van der Waals surface area contributed by atoms with Crippen molar-refractivity contribution < 1.29 is 0 Å². The average molecular weight is 275 g/mol. The van der Waals surface area contributed by atoms with E-state index in [1.165, 1.54) is 11.1 Å². The lowest BCUT2D eigenvalue weighted by molar-refractivity contribution is 0.596. The van der Waals surface area contributed by atoms with Crippen LogP contribution in [-0.4, -0.2) is 26.1 Å². The quantitative estimate of drug-likeness (QED) is 0.843. The summed E-state index contributed by atoms with van der Waals surface area (Å²) < 4.78 is 3.91. The number of hydrogen-bond acceptors (Lipinski definition) is 3. The van der Waals surface area contributed by atoms with Crippen LogP contribution in [0.15, 0.2) is 18.6 Å². The summed E-state index contributed by atoms with van der Waals surface area (Å²) in [5, 5.41) is 12.5. The van der Waals surface area contributed by atoms with Crippen LogP contribution in [0, 0.1) is 0 Å². The molecule has 0 aliphatic rings. The lowest BCUT2D eigenvalue weighted by Gasteiger charge is -2.16. The first-order valence-corrected chi connectivity index (χ1v) is 7.47. The Morgan fingerprint density at radius 2 is 2.05 bits per heavy atom. The molecule has 0 saturated carbocycles. The third-order valence-corrected chi connectivity index (χ3v) is 3.43. The molecule has 1 unspecified atom stereocenters. The van der Waals surface area contributed by atoms with E-state index in [1.807, 2.05) is 22.6 Å². The molecule has 2 rings (SSSR count). The summed E-state index contributed by atoms with van der Waals surface area (Å²) in [6, 6.07) is 0.175. The zero-order valence-electron chi connectivity index (χ0n) is 12.9. The van der Waals surface area contributed by atoms with Crippen molar-refractivity contribution in [1.82, 2.24) is 24.9 Å². The van der Waals surface area contributed by atoms with Gasteiger partial charge in [0.1, 0.15) is 0 Å². The summed E-state index contributed by atoms with van der Waals surface area (Å²) >= 11 is 0. The van der Waals surface area contributed by atoms with Crippen LogP contribution in [0.5, 0.6) is 0 Å². The Hall–Kier alpha value is -1.62. The van der Waals surface area contributed by atoms with Crippen LogP contribution in [0.4, 0.5) is 0 Å². The molecule has 0 aromatic carbocycles. The third kappa shape index (κ3) is 3.10. The van der Waals surface area contributed by atoms with E-state index in [4.69, 9.17) is 0 Å². The molecule has 1 N–H and O–H groups in total. The smallest absolute Gasteiger partial charge is 0.0673 e. The van der Waals surface area contributed by atoms with Crippen molar-refractivity contribution in [3.63, 3.8) is 0 Å². The number of nitrogens with zero attached hydrogens (tertiary/aromatic N) is 4. The Bertz CT molecular complexity index is 540. The molecule has 0 saturated heterocycles. The van der Waals surface area contributed by atoms with Crippen LogP contribution in [0.3, 0.4) is 0 Å². The maximum Gasteiger partial charge on any atom is 0.0673 e. The van der Waals surface area contributed by atoms with E-state index >= 15 is 0 Å². The van der Waals surface area contributed by atoms with E-state index in [2.05, 4.69) is 48.7 Å². The maximum absolute atomic E-state index is 4.55. The number of hydrogen-bond donors (Lipinski definition) is 1. The molecule has 2 aromatic heterocycles. The Balaban J connectivity index is 2.33. The summed E-state index contributed by atoms with van der Waals surface area (Å²) in [7, 11) is 1.98. The molecule has 0 radical (unpaired) electrons. The number of rotatable bonds is 7. The van der Waals surface area contributed by atoms with Crippen molar-refractivity contribution in [2.45, 2.75) is 46.2 Å². The van der Waals surface area contributed by atoms with Crippen LogP contribution < -0.4 is 5.32 Å². The second-order valence-electron chi connectivity index (χ2n) is 5.09. The largest absolute Gasteiger partial charge is 0.306 e. The third-order valence-electron chi connectivity index (χ3n) is 3.43. The molecular weight excluding hydrogens is 250 g/mol. The number of nitrogens with one attached hydrogen (secondary N) is 1. The van der Waals surface area contributed by atoms with Gasteiger partial charge in [0.05, 0.1) is 17.9 Å². The minimum atomic E-state index is 0.175. The number of aromatic nitrogens is 4. The second kappa shape index (κ2) is 6.70. The standard InChI is InChI=1S/C15H25N5/c1-5-8-20-10-12(9-17-20)15(16-7-3)13-11-19(4)18-14(13)6-2/h9-11,15-16H,5-8H2,1-4H3. The Labute approximate surface area is 121 Å². The van der Waals surface area contributed by atoms with Gasteiger partial charge in [0, 0.05) is 37.1 Å². The molecule has 0 spiro atoms. The molecule has 20 heavy (non-hydrogen) atoms. The summed E-state index contributed by atoms with van der Waals surface area (Å²) in [6.45, 7) is 8.33. The maximum atomic E-state index is 4.55. The molecule has 1 atom stereocenters. The van der Waals surface area contributed by atoms with Gasteiger partial charge in [0.2, 0.25) is 0 Å². The minimum absolute atomic E-state index is 0.175. The van der Waals surface area contributed by atoms with Crippen molar-refractivity contribution in [3.8, 4) is 0 Å². The van der Waals surface area contributed by atoms with Crippen molar-refractivity contribution in [2.24, 2.45) is 7.05 Å². The van der Waals surface area contributed by atoms with E-state index in [-0.39, 0.29) is 6.04 Å². The Kier molecular flexibility index (Phi) is 4.95. The van der Waals surface area contributed by atoms with Crippen LogP contribution >= 0.6 is 0 Å². The zero-order valence-corrected chi connectivity index (χ0v) is 12.9. The topological polar surface area (TPSA) is 47.7 Å². The van der Waals surface area contributed by atoms with Crippen molar-refractivity contribution >= 4 is 0 Å². The van der Waals surface area contributed by atoms with Gasteiger partial charge in [-0.05, 0) is 19.4 Å². The van der Waals surface area contributed by atoms with E-state index < -0.39 is 0 Å². The molecule has 0 amide bonds. The monoisotopic (exact) mass is 275 g/mol. The lowest BCUT2D eigenvalue weighted by atomic mass is 10.0. The van der Waals surface area contributed by atoms with Gasteiger partial charge < -0.3 is 5.32 Å². The van der Waals surface area contributed by atoms with Crippen molar-refractivity contribution in [2.75, 3.05) is 6.54 Å².